The first-order valence-corrected chi connectivity index (χ1v) is 10.2. The van der Waals surface area contributed by atoms with Gasteiger partial charge in [0, 0.05) is 17.8 Å². The lowest BCUT2D eigenvalue weighted by atomic mass is 10.1. The highest BCUT2D eigenvalue weighted by atomic mass is 32.1. The van der Waals surface area contributed by atoms with Gasteiger partial charge in [-0.1, -0.05) is 11.3 Å². The van der Waals surface area contributed by atoms with E-state index in [4.69, 9.17) is 15.2 Å². The molecular weight excluding hydrogens is 407 g/mol. The van der Waals surface area contributed by atoms with Crippen molar-refractivity contribution in [2.45, 2.75) is 12.5 Å². The van der Waals surface area contributed by atoms with Crippen LogP contribution in [0.4, 0.5) is 21.0 Å². The summed E-state index contributed by atoms with van der Waals surface area (Å²) in [6.07, 6.45) is 1.19. The van der Waals surface area contributed by atoms with Gasteiger partial charge >= 0.3 is 0 Å². The maximum absolute atomic E-state index is 13.9. The summed E-state index contributed by atoms with van der Waals surface area (Å²) in [7, 11) is 1.36. The second-order valence-electron chi connectivity index (χ2n) is 6.79. The molecule has 7 nitrogen and oxygen atoms in total. The smallest absolute Gasteiger partial charge is 0.206 e. The number of anilines is 3. The zero-order chi connectivity index (χ0) is 21.1. The van der Waals surface area contributed by atoms with Crippen LogP contribution in [-0.4, -0.2) is 37.1 Å². The summed E-state index contributed by atoms with van der Waals surface area (Å²) >= 11 is 1.11. The molecule has 4 N–H and O–H groups in total. The highest BCUT2D eigenvalue weighted by Gasteiger charge is 2.20. The Hall–Kier alpha value is -3.17. The van der Waals surface area contributed by atoms with E-state index >= 15 is 0 Å². The summed E-state index contributed by atoms with van der Waals surface area (Å²) in [5, 5.41) is 6.87. The van der Waals surface area contributed by atoms with Crippen LogP contribution in [-0.2, 0) is 0 Å². The van der Waals surface area contributed by atoms with Gasteiger partial charge in [0.2, 0.25) is 5.78 Å². The molecule has 1 fully saturated rings. The van der Waals surface area contributed by atoms with E-state index < -0.39 is 11.6 Å². The molecule has 1 unspecified atom stereocenters. The Labute approximate surface area is 177 Å². The number of nitrogens with one attached hydrogen (secondary N) is 2. The second kappa shape index (κ2) is 8.68. The molecule has 1 saturated heterocycles. The van der Waals surface area contributed by atoms with E-state index in [0.717, 1.165) is 48.4 Å². The first kappa shape index (κ1) is 20.1. The summed E-state index contributed by atoms with van der Waals surface area (Å²) in [5.41, 5.74) is 6.90. The van der Waals surface area contributed by atoms with Gasteiger partial charge in [0.05, 0.1) is 7.11 Å². The summed E-state index contributed by atoms with van der Waals surface area (Å²) in [6, 6.07) is 11.5. The third kappa shape index (κ3) is 4.37. The molecule has 1 atom stereocenters. The molecule has 0 saturated carbocycles. The number of hydrogen-bond acceptors (Lipinski definition) is 8. The van der Waals surface area contributed by atoms with Gasteiger partial charge in [-0.3, -0.25) is 4.79 Å². The highest BCUT2D eigenvalue weighted by molar-refractivity contribution is 7.18. The van der Waals surface area contributed by atoms with Gasteiger partial charge in [-0.2, -0.15) is 0 Å². The monoisotopic (exact) mass is 428 g/mol. The quantitative estimate of drug-likeness (QED) is 0.495. The van der Waals surface area contributed by atoms with Crippen LogP contribution in [0.1, 0.15) is 21.7 Å². The molecule has 0 bridgehead atoms. The summed E-state index contributed by atoms with van der Waals surface area (Å²) < 4.78 is 24.7. The van der Waals surface area contributed by atoms with E-state index in [1.165, 1.54) is 19.2 Å². The Morgan fingerprint density at radius 2 is 2.10 bits per heavy atom. The van der Waals surface area contributed by atoms with E-state index in [2.05, 4.69) is 15.6 Å². The van der Waals surface area contributed by atoms with Crippen molar-refractivity contribution in [2.75, 3.05) is 31.2 Å². The number of nitrogen functional groups attached to an aromatic ring is 1. The van der Waals surface area contributed by atoms with Crippen LogP contribution in [0.5, 0.6) is 11.5 Å². The Bertz CT molecular complexity index is 1050. The summed E-state index contributed by atoms with van der Waals surface area (Å²) in [5.74, 6) is -0.0421. The molecule has 2 heterocycles. The highest BCUT2D eigenvalue weighted by Crippen LogP contribution is 2.31. The number of carbonyl (C=O) groups excluding carboxylic acids is 1. The lowest BCUT2D eigenvalue weighted by Crippen LogP contribution is -2.19. The number of nitrogens with two attached hydrogens (primary N) is 1. The number of carbonyl (C=O) groups is 1. The topological polar surface area (TPSA) is 98.5 Å². The van der Waals surface area contributed by atoms with E-state index in [1.54, 1.807) is 0 Å². The summed E-state index contributed by atoms with van der Waals surface area (Å²) in [6.45, 7) is 1.83. The van der Waals surface area contributed by atoms with Crippen molar-refractivity contribution >= 4 is 33.8 Å². The Kier molecular flexibility index (Phi) is 5.82. The van der Waals surface area contributed by atoms with Crippen molar-refractivity contribution in [2.24, 2.45) is 0 Å². The molecule has 1 aliphatic heterocycles. The molecule has 4 rings (SSSR count). The van der Waals surface area contributed by atoms with Crippen LogP contribution < -0.4 is 25.8 Å². The lowest BCUT2D eigenvalue weighted by molar-refractivity contribution is 0.104. The van der Waals surface area contributed by atoms with Gasteiger partial charge in [-0.25, -0.2) is 9.37 Å². The average molecular weight is 428 g/mol. The number of thiazole rings is 1. The SMILES string of the molecule is COc1ccc(C(=O)c2sc(Nc3ccc(OC4CCNC4)cc3)nc2N)cc1F. The van der Waals surface area contributed by atoms with Crippen LogP contribution >= 0.6 is 11.3 Å². The van der Waals surface area contributed by atoms with Gasteiger partial charge in [-0.05, 0) is 55.4 Å². The Morgan fingerprint density at radius 3 is 2.77 bits per heavy atom. The average Bonchev–Trinajstić information content (AvgIpc) is 3.38. The molecule has 1 aliphatic rings. The number of halogens is 1. The molecule has 2 aromatic carbocycles. The zero-order valence-electron chi connectivity index (χ0n) is 16.3. The molecule has 30 heavy (non-hydrogen) atoms. The Morgan fingerprint density at radius 1 is 1.30 bits per heavy atom. The van der Waals surface area contributed by atoms with Gasteiger partial charge < -0.3 is 25.8 Å². The van der Waals surface area contributed by atoms with Crippen molar-refractivity contribution in [3.8, 4) is 11.5 Å². The lowest BCUT2D eigenvalue weighted by Gasteiger charge is -2.12. The van der Waals surface area contributed by atoms with Gasteiger partial charge in [0.25, 0.3) is 0 Å². The van der Waals surface area contributed by atoms with Crippen molar-refractivity contribution in [3.63, 3.8) is 0 Å². The van der Waals surface area contributed by atoms with Crippen LogP contribution in [0.2, 0.25) is 0 Å². The maximum Gasteiger partial charge on any atom is 0.206 e. The second-order valence-corrected chi connectivity index (χ2v) is 7.79. The molecule has 0 spiro atoms. The number of ether oxygens (including phenoxy) is 2. The van der Waals surface area contributed by atoms with Crippen molar-refractivity contribution in [1.29, 1.82) is 0 Å². The van der Waals surface area contributed by atoms with Crippen molar-refractivity contribution < 1.29 is 18.7 Å². The van der Waals surface area contributed by atoms with E-state index in [-0.39, 0.29) is 28.1 Å². The van der Waals surface area contributed by atoms with Crippen molar-refractivity contribution in [3.05, 3.63) is 58.7 Å². The van der Waals surface area contributed by atoms with Crippen LogP contribution in [0.15, 0.2) is 42.5 Å². The van der Waals surface area contributed by atoms with Gasteiger partial charge in [0.15, 0.2) is 16.7 Å². The molecule has 1 aromatic heterocycles. The summed E-state index contributed by atoms with van der Waals surface area (Å²) in [4.78, 5) is 17.2. The minimum atomic E-state index is -0.611. The van der Waals surface area contributed by atoms with E-state index in [9.17, 15) is 9.18 Å². The largest absolute Gasteiger partial charge is 0.494 e. The molecule has 0 amide bonds. The van der Waals surface area contributed by atoms with Crippen LogP contribution in [0.25, 0.3) is 0 Å². The fourth-order valence-electron chi connectivity index (χ4n) is 3.15. The third-order valence-electron chi connectivity index (χ3n) is 4.70. The molecule has 3 aromatic rings. The number of methoxy groups -OCH3 is 1. The minimum Gasteiger partial charge on any atom is -0.494 e. The maximum atomic E-state index is 13.9. The fraction of sp³-hybridized carbons (Fsp3) is 0.238. The predicted molar refractivity (Wildman–Crippen MR) is 115 cm³/mol. The van der Waals surface area contributed by atoms with Crippen molar-refractivity contribution in [1.82, 2.24) is 10.3 Å². The van der Waals surface area contributed by atoms with Crippen LogP contribution in [0, 0.1) is 5.82 Å². The molecule has 9 heteroatoms. The number of aromatic nitrogens is 1. The van der Waals surface area contributed by atoms with Crippen LogP contribution in [0.3, 0.4) is 0 Å². The Balaban J connectivity index is 1.45. The standard InChI is InChI=1S/C21H21FN4O3S/c1-28-17-7-2-12(10-16(17)22)18(27)19-20(23)26-21(30-19)25-13-3-5-14(6-4-13)29-15-8-9-24-11-15/h2-7,10,15,24H,8-9,11,23H2,1H3,(H,25,26). The molecule has 0 radical (unpaired) electrons. The number of nitrogens with zero attached hydrogens (tertiary/aromatic N) is 1. The normalized spacial score (nSPS) is 15.7. The van der Waals surface area contributed by atoms with Gasteiger partial charge in [0.1, 0.15) is 22.5 Å². The third-order valence-corrected chi connectivity index (χ3v) is 5.68. The number of rotatable bonds is 7. The number of hydrogen-bond donors (Lipinski definition) is 3. The first-order valence-electron chi connectivity index (χ1n) is 9.42. The minimum absolute atomic E-state index is 0.0720. The molecule has 156 valence electrons. The van der Waals surface area contributed by atoms with Gasteiger partial charge in [-0.15, -0.1) is 0 Å². The fourth-order valence-corrected chi connectivity index (χ4v) is 4.02. The first-order chi connectivity index (χ1) is 14.5. The molecular formula is C21H21FN4O3S. The molecule has 0 aliphatic carbocycles. The predicted octanol–water partition coefficient (Wildman–Crippen LogP) is 3.59. The van der Waals surface area contributed by atoms with E-state index in [1.807, 2.05) is 24.3 Å². The number of ketones is 1. The van der Waals surface area contributed by atoms with E-state index in [0.29, 0.717) is 5.13 Å². The zero-order valence-corrected chi connectivity index (χ0v) is 17.1. The number of benzene rings is 2.